The summed E-state index contributed by atoms with van der Waals surface area (Å²) in [7, 11) is 2.13. The average Bonchev–Trinajstić information content (AvgIpc) is 2.96. The lowest BCUT2D eigenvalue weighted by Crippen LogP contribution is -2.67. The lowest BCUT2D eigenvalue weighted by atomic mass is 9.59. The number of fused-ring (bicyclic) bond motifs is 2. The molecule has 0 saturated carbocycles. The molecule has 3 atom stereocenters. The maximum atomic E-state index is 5.91. The van der Waals surface area contributed by atoms with Crippen molar-refractivity contribution in [2.24, 2.45) is 7.05 Å². The number of piperidine rings is 1. The molecule has 2 aromatic heterocycles. The van der Waals surface area contributed by atoms with Crippen molar-refractivity contribution in [1.82, 2.24) is 0 Å². The predicted octanol–water partition coefficient (Wildman–Crippen LogP) is 3.28. The first kappa shape index (κ1) is 12.9. The van der Waals surface area contributed by atoms with Gasteiger partial charge in [-0.3, -0.25) is 0 Å². The van der Waals surface area contributed by atoms with Crippen molar-refractivity contribution in [2.45, 2.75) is 50.6 Å². The van der Waals surface area contributed by atoms with Crippen molar-refractivity contribution in [1.29, 1.82) is 0 Å². The Balaban J connectivity index is 1.97. The monoisotopic (exact) mass is 283 g/mol. The van der Waals surface area contributed by atoms with E-state index in [1.54, 1.807) is 0 Å². The molecule has 110 valence electrons. The van der Waals surface area contributed by atoms with E-state index in [4.69, 9.17) is 4.42 Å². The molecule has 2 aliphatic heterocycles. The molecular formula is C18H23N2O+. The molecule has 0 aromatic carbocycles. The van der Waals surface area contributed by atoms with E-state index in [9.17, 15) is 0 Å². The van der Waals surface area contributed by atoms with Crippen LogP contribution in [0.1, 0.15) is 44.9 Å². The number of hydrogen-bond donors (Lipinski definition) is 0. The summed E-state index contributed by atoms with van der Waals surface area (Å²) in [5.41, 5.74) is 1.50. The molecule has 0 spiro atoms. The van der Waals surface area contributed by atoms with Gasteiger partial charge in [-0.15, -0.1) is 0 Å². The molecule has 2 bridgehead atoms. The fraction of sp³-hybridized carbons (Fsp3) is 0.500. The van der Waals surface area contributed by atoms with Gasteiger partial charge in [0.2, 0.25) is 0 Å². The third-order valence-corrected chi connectivity index (χ3v) is 6.01. The maximum absolute atomic E-state index is 5.91. The van der Waals surface area contributed by atoms with Gasteiger partial charge in [0.1, 0.15) is 17.3 Å². The second-order valence-electron chi connectivity index (χ2n) is 7.07. The number of nitrogens with zero attached hydrogens (tertiary/aromatic N) is 2. The standard InChI is InChI=1S/C18H23N2O/c1-13-17(2)9-10-18(3,14-8-12-21-16(14)17)20(13)15-7-5-6-11-19(15)4/h5-8,11-13H,9-10H2,1-4H3/q+1. The quantitative estimate of drug-likeness (QED) is 0.749. The van der Waals surface area contributed by atoms with E-state index >= 15 is 0 Å². The lowest BCUT2D eigenvalue weighted by Gasteiger charge is -2.56. The molecule has 1 aliphatic carbocycles. The summed E-state index contributed by atoms with van der Waals surface area (Å²) < 4.78 is 8.14. The Hall–Kier alpha value is -1.77. The first-order valence-corrected chi connectivity index (χ1v) is 7.81. The van der Waals surface area contributed by atoms with Gasteiger partial charge < -0.3 is 4.42 Å². The lowest BCUT2D eigenvalue weighted by molar-refractivity contribution is -0.659. The molecule has 2 aromatic rings. The summed E-state index contributed by atoms with van der Waals surface area (Å²) in [5, 5.41) is 0. The number of furan rings is 1. The number of aromatic nitrogens is 1. The van der Waals surface area contributed by atoms with E-state index in [-0.39, 0.29) is 11.0 Å². The van der Waals surface area contributed by atoms with Crippen LogP contribution in [0.2, 0.25) is 0 Å². The second-order valence-corrected chi connectivity index (χ2v) is 7.07. The molecule has 3 heteroatoms. The molecule has 5 rings (SSSR count). The van der Waals surface area contributed by atoms with Crippen molar-refractivity contribution in [3.63, 3.8) is 0 Å². The summed E-state index contributed by atoms with van der Waals surface area (Å²) in [4.78, 5) is 2.61. The molecule has 0 N–H and O–H groups in total. The van der Waals surface area contributed by atoms with Crippen LogP contribution in [0.15, 0.2) is 41.1 Å². The minimum Gasteiger partial charge on any atom is -0.468 e. The predicted molar refractivity (Wildman–Crippen MR) is 82.2 cm³/mol. The summed E-state index contributed by atoms with van der Waals surface area (Å²) >= 11 is 0. The van der Waals surface area contributed by atoms with E-state index in [0.29, 0.717) is 6.04 Å². The summed E-state index contributed by atoms with van der Waals surface area (Å²) in [6.45, 7) is 7.06. The summed E-state index contributed by atoms with van der Waals surface area (Å²) in [6.07, 6.45) is 6.37. The molecule has 0 radical (unpaired) electrons. The van der Waals surface area contributed by atoms with Gasteiger partial charge in [-0.2, -0.15) is 0 Å². The number of pyridine rings is 1. The largest absolute Gasteiger partial charge is 0.468 e. The highest BCUT2D eigenvalue weighted by molar-refractivity contribution is 5.54. The first-order chi connectivity index (χ1) is 9.98. The van der Waals surface area contributed by atoms with E-state index < -0.39 is 0 Å². The number of anilines is 1. The Morgan fingerprint density at radius 1 is 1.24 bits per heavy atom. The Morgan fingerprint density at radius 3 is 2.81 bits per heavy atom. The van der Waals surface area contributed by atoms with Gasteiger partial charge >= 0.3 is 0 Å². The van der Waals surface area contributed by atoms with Crippen molar-refractivity contribution in [2.75, 3.05) is 4.90 Å². The first-order valence-electron chi connectivity index (χ1n) is 7.81. The Kier molecular flexibility index (Phi) is 2.40. The van der Waals surface area contributed by atoms with Gasteiger partial charge in [0, 0.05) is 11.6 Å². The van der Waals surface area contributed by atoms with E-state index in [1.807, 2.05) is 6.26 Å². The maximum Gasteiger partial charge on any atom is 0.277 e. The third-order valence-electron chi connectivity index (χ3n) is 6.01. The van der Waals surface area contributed by atoms with Gasteiger partial charge in [0.05, 0.1) is 24.9 Å². The molecule has 3 aliphatic rings. The Bertz CT molecular complexity index is 707. The SMILES string of the molecule is CC1N(c2cccc[n+]2C)C2(C)CCC1(C)c1occc12. The highest BCUT2D eigenvalue weighted by Gasteiger charge is 2.63. The van der Waals surface area contributed by atoms with Crippen LogP contribution < -0.4 is 9.47 Å². The van der Waals surface area contributed by atoms with Crippen LogP contribution in [-0.4, -0.2) is 6.04 Å². The van der Waals surface area contributed by atoms with E-state index in [0.717, 1.165) is 0 Å². The minimum absolute atomic E-state index is 0.0264. The highest BCUT2D eigenvalue weighted by atomic mass is 16.3. The molecule has 0 amide bonds. The second kappa shape index (κ2) is 3.90. The number of hydrogen-bond acceptors (Lipinski definition) is 2. The van der Waals surface area contributed by atoms with Gasteiger partial charge in [-0.05, 0) is 45.7 Å². The van der Waals surface area contributed by atoms with Crippen molar-refractivity contribution in [3.05, 3.63) is 48.0 Å². The van der Waals surface area contributed by atoms with Crippen molar-refractivity contribution in [3.8, 4) is 0 Å². The van der Waals surface area contributed by atoms with Crippen LogP contribution in [0.4, 0.5) is 5.82 Å². The molecule has 4 heterocycles. The summed E-state index contributed by atoms with van der Waals surface area (Å²) in [6, 6.07) is 9.04. The molecule has 21 heavy (non-hydrogen) atoms. The molecule has 3 nitrogen and oxygen atoms in total. The smallest absolute Gasteiger partial charge is 0.277 e. The molecule has 1 saturated heterocycles. The minimum atomic E-state index is 0.0264. The van der Waals surface area contributed by atoms with Crippen molar-refractivity contribution < 1.29 is 8.98 Å². The molecule has 1 fully saturated rings. The van der Waals surface area contributed by atoms with Crippen LogP contribution in [0.3, 0.4) is 0 Å². The van der Waals surface area contributed by atoms with Crippen LogP contribution in [-0.2, 0) is 18.0 Å². The van der Waals surface area contributed by atoms with Crippen LogP contribution in [0, 0.1) is 0 Å². The molecule has 3 unspecified atom stereocenters. The van der Waals surface area contributed by atoms with E-state index in [2.05, 4.69) is 67.7 Å². The average molecular weight is 283 g/mol. The zero-order valence-electron chi connectivity index (χ0n) is 13.3. The van der Waals surface area contributed by atoms with Gasteiger partial charge in [0.25, 0.3) is 5.82 Å². The normalized spacial score (nSPS) is 34.1. The fourth-order valence-electron chi connectivity index (χ4n) is 4.50. The van der Waals surface area contributed by atoms with Gasteiger partial charge in [-0.25, -0.2) is 9.47 Å². The van der Waals surface area contributed by atoms with Gasteiger partial charge in [0.15, 0.2) is 0 Å². The fourth-order valence-corrected chi connectivity index (χ4v) is 4.50. The number of aryl methyl sites for hydroxylation is 1. The Labute approximate surface area is 126 Å². The molecular weight excluding hydrogens is 260 g/mol. The number of rotatable bonds is 1. The highest BCUT2D eigenvalue weighted by Crippen LogP contribution is 2.57. The van der Waals surface area contributed by atoms with E-state index in [1.165, 1.54) is 30.0 Å². The zero-order valence-corrected chi connectivity index (χ0v) is 13.3. The van der Waals surface area contributed by atoms with Crippen LogP contribution >= 0.6 is 0 Å². The third kappa shape index (κ3) is 1.42. The topological polar surface area (TPSA) is 20.3 Å². The van der Waals surface area contributed by atoms with Crippen molar-refractivity contribution >= 4 is 5.82 Å². The zero-order chi connectivity index (χ0) is 14.8. The van der Waals surface area contributed by atoms with Gasteiger partial charge in [-0.1, -0.05) is 6.07 Å². The van der Waals surface area contributed by atoms with Crippen LogP contribution in [0.25, 0.3) is 0 Å². The van der Waals surface area contributed by atoms with Crippen LogP contribution in [0.5, 0.6) is 0 Å². The Morgan fingerprint density at radius 2 is 2.05 bits per heavy atom. The summed E-state index contributed by atoms with van der Waals surface area (Å²) in [5.74, 6) is 2.49.